The van der Waals surface area contributed by atoms with Gasteiger partial charge >= 0.3 is 0 Å². The molecule has 2 heterocycles. The van der Waals surface area contributed by atoms with Crippen molar-refractivity contribution < 1.29 is 4.74 Å². The van der Waals surface area contributed by atoms with Gasteiger partial charge in [-0.25, -0.2) is 4.98 Å². The van der Waals surface area contributed by atoms with Gasteiger partial charge in [0, 0.05) is 25.5 Å². The van der Waals surface area contributed by atoms with Crippen LogP contribution in [-0.4, -0.2) is 36.0 Å². The van der Waals surface area contributed by atoms with Crippen molar-refractivity contribution >= 4 is 11.6 Å². The molecule has 0 saturated heterocycles. The van der Waals surface area contributed by atoms with Gasteiger partial charge in [-0.05, 0) is 44.0 Å². The van der Waals surface area contributed by atoms with Crippen molar-refractivity contribution in [2.24, 2.45) is 4.99 Å². The highest BCUT2D eigenvalue weighted by atomic mass is 16.5. The predicted molar refractivity (Wildman–Crippen MR) is 110 cm³/mol. The van der Waals surface area contributed by atoms with E-state index in [4.69, 9.17) is 4.74 Å². The van der Waals surface area contributed by atoms with Gasteiger partial charge in [0.25, 0.3) is 0 Å². The van der Waals surface area contributed by atoms with Gasteiger partial charge in [0.15, 0.2) is 5.96 Å². The number of imidazole rings is 1. The Bertz CT molecular complexity index is 945. The molecule has 3 aromatic rings. The van der Waals surface area contributed by atoms with Crippen LogP contribution in [-0.2, 0) is 13.0 Å². The molecule has 0 spiro atoms. The quantitative estimate of drug-likeness (QED) is 0.521. The summed E-state index contributed by atoms with van der Waals surface area (Å²) in [6.07, 6.45) is 2.92. The Balaban J connectivity index is 1.55. The van der Waals surface area contributed by atoms with Crippen molar-refractivity contribution in [2.75, 3.05) is 20.7 Å². The van der Waals surface area contributed by atoms with Crippen molar-refractivity contribution in [3.63, 3.8) is 0 Å². The van der Waals surface area contributed by atoms with Crippen LogP contribution in [0.2, 0.25) is 0 Å². The molecular formula is C21H27N5O. The highest BCUT2D eigenvalue weighted by molar-refractivity contribution is 5.79. The number of pyridine rings is 1. The van der Waals surface area contributed by atoms with Crippen LogP contribution in [0.25, 0.3) is 5.65 Å². The fourth-order valence-corrected chi connectivity index (χ4v) is 3.10. The normalized spacial score (nSPS) is 11.6. The summed E-state index contributed by atoms with van der Waals surface area (Å²) in [5.41, 5.74) is 5.53. The average Bonchev–Trinajstić information content (AvgIpc) is 3.09. The topological polar surface area (TPSA) is 63.0 Å². The van der Waals surface area contributed by atoms with Crippen LogP contribution >= 0.6 is 0 Å². The van der Waals surface area contributed by atoms with E-state index in [1.54, 1.807) is 14.2 Å². The molecular weight excluding hydrogens is 338 g/mol. The number of aliphatic imine (C=N–C) groups is 1. The molecule has 3 rings (SSSR count). The number of nitrogens with zero attached hydrogens (tertiary/aromatic N) is 3. The minimum absolute atomic E-state index is 0.620. The van der Waals surface area contributed by atoms with E-state index in [2.05, 4.69) is 63.3 Å². The Labute approximate surface area is 160 Å². The van der Waals surface area contributed by atoms with Gasteiger partial charge in [0.1, 0.15) is 11.4 Å². The first-order valence-electron chi connectivity index (χ1n) is 9.12. The van der Waals surface area contributed by atoms with E-state index in [1.165, 1.54) is 16.8 Å². The first kappa shape index (κ1) is 18.8. The summed E-state index contributed by atoms with van der Waals surface area (Å²) in [6, 6.07) is 12.4. The van der Waals surface area contributed by atoms with Gasteiger partial charge in [0.2, 0.25) is 0 Å². The summed E-state index contributed by atoms with van der Waals surface area (Å²) in [5.74, 6) is 1.68. The lowest BCUT2D eigenvalue weighted by Gasteiger charge is -2.13. The lowest BCUT2D eigenvalue weighted by atomic mass is 10.1. The molecule has 1 aromatic carbocycles. The SMILES string of the molecule is CN=C(NCCc1cc(C)ccc1OC)NCc1cn2c(C)cccc2n1. The molecule has 2 N–H and O–H groups in total. The van der Waals surface area contributed by atoms with E-state index in [9.17, 15) is 0 Å². The van der Waals surface area contributed by atoms with E-state index in [-0.39, 0.29) is 0 Å². The monoisotopic (exact) mass is 365 g/mol. The van der Waals surface area contributed by atoms with Gasteiger partial charge < -0.3 is 19.8 Å². The Kier molecular flexibility index (Phi) is 5.96. The van der Waals surface area contributed by atoms with Gasteiger partial charge in [0.05, 0.1) is 19.3 Å². The van der Waals surface area contributed by atoms with Crippen LogP contribution in [0.1, 0.15) is 22.5 Å². The van der Waals surface area contributed by atoms with Gasteiger partial charge in [-0.3, -0.25) is 4.99 Å². The van der Waals surface area contributed by atoms with E-state index >= 15 is 0 Å². The number of rotatable bonds is 6. The van der Waals surface area contributed by atoms with Crippen molar-refractivity contribution in [1.29, 1.82) is 0 Å². The molecule has 0 radical (unpaired) electrons. The Morgan fingerprint density at radius 2 is 2.04 bits per heavy atom. The van der Waals surface area contributed by atoms with E-state index in [0.29, 0.717) is 6.54 Å². The molecule has 27 heavy (non-hydrogen) atoms. The van der Waals surface area contributed by atoms with E-state index in [0.717, 1.165) is 36.0 Å². The minimum atomic E-state index is 0.620. The standard InChI is InChI=1S/C21H27N5O/c1-15-8-9-19(27-4)17(12-15)10-11-23-21(22-3)24-13-18-14-26-16(2)6-5-7-20(26)25-18/h5-9,12,14H,10-11,13H2,1-4H3,(H2,22,23,24). The number of benzene rings is 1. The highest BCUT2D eigenvalue weighted by Gasteiger charge is 2.06. The largest absolute Gasteiger partial charge is 0.496 e. The van der Waals surface area contributed by atoms with Crippen LogP contribution in [0.3, 0.4) is 0 Å². The molecule has 0 bridgehead atoms. The van der Waals surface area contributed by atoms with Gasteiger partial charge in [-0.1, -0.05) is 23.8 Å². The number of aromatic nitrogens is 2. The summed E-state index contributed by atoms with van der Waals surface area (Å²) >= 11 is 0. The Morgan fingerprint density at radius 3 is 2.78 bits per heavy atom. The number of hydrogen-bond donors (Lipinski definition) is 2. The second-order valence-corrected chi connectivity index (χ2v) is 6.55. The molecule has 0 aliphatic carbocycles. The number of aryl methyl sites for hydroxylation is 2. The van der Waals surface area contributed by atoms with E-state index in [1.807, 2.05) is 18.2 Å². The predicted octanol–water partition coefficient (Wildman–Crippen LogP) is 2.87. The second kappa shape index (κ2) is 8.58. The number of fused-ring (bicyclic) bond motifs is 1. The third kappa shape index (κ3) is 4.58. The third-order valence-electron chi connectivity index (χ3n) is 4.53. The van der Waals surface area contributed by atoms with Crippen LogP contribution in [0.5, 0.6) is 5.75 Å². The van der Waals surface area contributed by atoms with Crippen molar-refractivity contribution in [3.05, 3.63) is 65.1 Å². The molecule has 0 fully saturated rings. The molecule has 0 saturated carbocycles. The summed E-state index contributed by atoms with van der Waals surface area (Å²) in [7, 11) is 3.48. The lowest BCUT2D eigenvalue weighted by Crippen LogP contribution is -2.38. The molecule has 6 nitrogen and oxygen atoms in total. The van der Waals surface area contributed by atoms with Crippen molar-refractivity contribution in [3.8, 4) is 5.75 Å². The number of guanidine groups is 1. The number of nitrogens with one attached hydrogen (secondary N) is 2. The first-order valence-corrected chi connectivity index (χ1v) is 9.12. The zero-order valence-corrected chi connectivity index (χ0v) is 16.4. The molecule has 0 unspecified atom stereocenters. The molecule has 0 aliphatic heterocycles. The number of methoxy groups -OCH3 is 1. The van der Waals surface area contributed by atoms with Crippen LogP contribution in [0, 0.1) is 13.8 Å². The third-order valence-corrected chi connectivity index (χ3v) is 4.53. The van der Waals surface area contributed by atoms with Crippen molar-refractivity contribution in [2.45, 2.75) is 26.8 Å². The summed E-state index contributed by atoms with van der Waals surface area (Å²) in [5, 5.41) is 6.68. The van der Waals surface area contributed by atoms with Crippen LogP contribution < -0.4 is 15.4 Å². The zero-order chi connectivity index (χ0) is 19.2. The van der Waals surface area contributed by atoms with Gasteiger partial charge in [-0.2, -0.15) is 0 Å². The molecule has 0 atom stereocenters. The number of ether oxygens (including phenoxy) is 1. The summed E-state index contributed by atoms with van der Waals surface area (Å²) < 4.78 is 7.54. The number of hydrogen-bond acceptors (Lipinski definition) is 3. The zero-order valence-electron chi connectivity index (χ0n) is 16.4. The van der Waals surface area contributed by atoms with E-state index < -0.39 is 0 Å². The molecule has 2 aromatic heterocycles. The van der Waals surface area contributed by atoms with Crippen molar-refractivity contribution in [1.82, 2.24) is 20.0 Å². The summed E-state index contributed by atoms with van der Waals surface area (Å²) in [4.78, 5) is 8.94. The fourth-order valence-electron chi connectivity index (χ4n) is 3.10. The molecule has 142 valence electrons. The first-order chi connectivity index (χ1) is 13.1. The second-order valence-electron chi connectivity index (χ2n) is 6.55. The Hall–Kier alpha value is -3.02. The average molecular weight is 365 g/mol. The highest BCUT2D eigenvalue weighted by Crippen LogP contribution is 2.19. The minimum Gasteiger partial charge on any atom is -0.496 e. The van der Waals surface area contributed by atoms with Crippen LogP contribution in [0.15, 0.2) is 47.6 Å². The smallest absolute Gasteiger partial charge is 0.191 e. The maximum atomic E-state index is 5.44. The Morgan fingerprint density at radius 1 is 1.19 bits per heavy atom. The molecule has 6 heteroatoms. The van der Waals surface area contributed by atoms with Gasteiger partial charge in [-0.15, -0.1) is 0 Å². The maximum Gasteiger partial charge on any atom is 0.191 e. The fraction of sp³-hybridized carbons (Fsp3) is 0.333. The maximum absolute atomic E-state index is 5.44. The van der Waals surface area contributed by atoms with Crippen LogP contribution in [0.4, 0.5) is 0 Å². The molecule has 0 amide bonds. The summed E-state index contributed by atoms with van der Waals surface area (Å²) in [6.45, 7) is 5.55. The molecule has 0 aliphatic rings. The lowest BCUT2D eigenvalue weighted by molar-refractivity contribution is 0.409.